The lowest BCUT2D eigenvalue weighted by Crippen LogP contribution is -2.31. The first-order valence-corrected chi connectivity index (χ1v) is 9.64. The van der Waals surface area contributed by atoms with Gasteiger partial charge in [0.1, 0.15) is 10.5 Å². The molecule has 18 heavy (non-hydrogen) atoms. The van der Waals surface area contributed by atoms with Gasteiger partial charge in [0.15, 0.2) is 0 Å². The molecule has 2 fully saturated rings. The first-order chi connectivity index (χ1) is 8.92. The predicted molar refractivity (Wildman–Crippen MR) is 80.8 cm³/mol. The van der Waals surface area contributed by atoms with Gasteiger partial charge in [-0.1, -0.05) is 64.2 Å². The normalized spacial score (nSPS) is 23.8. The maximum absolute atomic E-state index is 5.85. The Morgan fingerprint density at radius 1 is 0.889 bits per heavy atom. The zero-order valence-corrected chi connectivity index (χ0v) is 15.1. The van der Waals surface area contributed by atoms with Crippen LogP contribution < -0.4 is 0 Å². The number of hydrogen-bond donors (Lipinski definition) is 0. The third-order valence-corrected chi connectivity index (χ3v) is 6.06. The molecule has 2 aliphatic rings. The molecule has 0 unspecified atom stereocenters. The average Bonchev–Trinajstić information content (AvgIpc) is 2.46. The van der Waals surface area contributed by atoms with Crippen molar-refractivity contribution < 1.29 is 8.54 Å². The Labute approximate surface area is 118 Å². The Hall–Kier alpha value is 0.354. The van der Waals surface area contributed by atoms with Crippen LogP contribution in [0.5, 0.6) is 0 Å². The summed E-state index contributed by atoms with van der Waals surface area (Å²) in [5.74, 6) is 2.75. The number of hydrogen-bond acceptors (Lipinski definition) is 2. The largest absolute Gasteiger partial charge is 0.446 e. The van der Waals surface area contributed by atoms with E-state index in [2.05, 4.69) is 0 Å². The van der Waals surface area contributed by atoms with E-state index in [9.17, 15) is 0 Å². The van der Waals surface area contributed by atoms with Crippen molar-refractivity contribution in [1.82, 2.24) is 0 Å². The molecule has 0 bridgehead atoms. The van der Waals surface area contributed by atoms with Gasteiger partial charge in [-0.2, -0.15) is 0 Å². The Kier molecular flexibility index (Phi) is 6.98. The molecule has 105 valence electrons. The predicted octanol–water partition coefficient (Wildman–Crippen LogP) is 2.34. The van der Waals surface area contributed by atoms with Crippen molar-refractivity contribution in [1.29, 1.82) is 0 Å². The molecule has 0 aromatic rings. The van der Waals surface area contributed by atoms with Crippen LogP contribution in [0.2, 0.25) is 0 Å². The summed E-state index contributed by atoms with van der Waals surface area (Å²) in [4.78, 5) is 0. The van der Waals surface area contributed by atoms with E-state index in [1.807, 2.05) is 0 Å². The molecule has 4 heteroatoms. The molecule has 1 radical (unpaired) electrons. The molecule has 0 aromatic heterocycles. The fourth-order valence-electron chi connectivity index (χ4n) is 4.00. The second kappa shape index (κ2) is 8.51. The van der Waals surface area contributed by atoms with Crippen molar-refractivity contribution in [3.05, 3.63) is 0 Å². The summed E-state index contributed by atoms with van der Waals surface area (Å²) in [6.07, 6.45) is 14.6. The Balaban J connectivity index is 1.87. The monoisotopic (exact) mass is 285 g/mol. The van der Waals surface area contributed by atoms with E-state index in [4.69, 9.17) is 8.54 Å². The third kappa shape index (κ3) is 4.47. The van der Waals surface area contributed by atoms with Crippen molar-refractivity contribution in [2.75, 3.05) is 6.61 Å². The van der Waals surface area contributed by atoms with Crippen LogP contribution in [-0.2, 0) is 8.54 Å². The van der Waals surface area contributed by atoms with Gasteiger partial charge in [0.25, 0.3) is 0 Å². The van der Waals surface area contributed by atoms with Gasteiger partial charge in [-0.3, -0.25) is 0 Å². The van der Waals surface area contributed by atoms with Crippen molar-refractivity contribution in [3.8, 4) is 0 Å². The maximum Gasteiger partial charge on any atom is 0.353 e. The van der Waals surface area contributed by atoms with Crippen LogP contribution in [0.3, 0.4) is 0 Å². The molecule has 2 saturated carbocycles. The fourth-order valence-corrected chi connectivity index (χ4v) is 4.85. The van der Waals surface area contributed by atoms with E-state index in [0.29, 0.717) is 0 Å². The van der Waals surface area contributed by atoms with Crippen LogP contribution in [0.4, 0.5) is 0 Å². The molecule has 2 nitrogen and oxygen atoms in total. The summed E-state index contributed by atoms with van der Waals surface area (Å²) in [7, 11) is 0.665. The van der Waals surface area contributed by atoms with Gasteiger partial charge in [-0.15, -0.1) is 0 Å². The molecule has 0 atom stereocenters. The molecule has 0 spiro atoms. The molecule has 0 amide bonds. The van der Waals surface area contributed by atoms with E-state index in [-0.39, 0.29) is 10.0 Å². The highest BCUT2D eigenvalue weighted by molar-refractivity contribution is 6.27. The van der Waals surface area contributed by atoms with Gasteiger partial charge >= 0.3 is 10.0 Å². The molecular weight excluding hydrogens is 256 g/mol. The van der Waals surface area contributed by atoms with Crippen molar-refractivity contribution in [2.45, 2.75) is 64.2 Å². The van der Waals surface area contributed by atoms with Gasteiger partial charge in [0.2, 0.25) is 0 Å². The summed E-state index contributed by atoms with van der Waals surface area (Å²) >= 11 is 0. The first-order valence-electron chi connectivity index (χ1n) is 7.88. The summed E-state index contributed by atoms with van der Waals surface area (Å²) in [5, 5.41) is 0. The van der Waals surface area contributed by atoms with Crippen LogP contribution >= 0.6 is 0 Å². The molecule has 2 aliphatic carbocycles. The van der Waals surface area contributed by atoms with Crippen LogP contribution in [0.1, 0.15) is 64.2 Å². The molecule has 0 N–H and O–H groups in total. The highest BCUT2D eigenvalue weighted by Gasteiger charge is 2.31. The average molecular weight is 286 g/mol. The van der Waals surface area contributed by atoms with E-state index >= 15 is 0 Å². The minimum absolute atomic E-state index is 0.166. The molecule has 0 aliphatic heterocycles. The summed E-state index contributed by atoms with van der Waals surface area (Å²) in [6, 6.07) is 0. The smallest absolute Gasteiger partial charge is 0.353 e. The first kappa shape index (κ1) is 14.8. The van der Waals surface area contributed by atoms with Crippen LogP contribution in [0.15, 0.2) is 0 Å². The van der Waals surface area contributed by atoms with Gasteiger partial charge in [0.05, 0.1) is 0 Å². The third-order valence-electron chi connectivity index (χ3n) is 4.96. The molecular formula is C14H29O2Si2. The fraction of sp³-hybridized carbons (Fsp3) is 1.00. The van der Waals surface area contributed by atoms with Crippen LogP contribution in [0.25, 0.3) is 0 Å². The van der Waals surface area contributed by atoms with E-state index in [1.165, 1.54) is 64.2 Å². The Morgan fingerprint density at radius 2 is 1.39 bits per heavy atom. The Morgan fingerprint density at radius 3 is 1.83 bits per heavy atom. The minimum Gasteiger partial charge on any atom is -0.446 e. The van der Waals surface area contributed by atoms with Crippen molar-refractivity contribution in [2.24, 2.45) is 17.8 Å². The standard InChI is InChI=1S/C14H29O2Si2/c17-16-18-15-11-14(12-7-3-1-4-8-12)13-9-5-2-6-10-13/h12-14,18H,1-11H2,17H3. The molecule has 0 heterocycles. The second-order valence-corrected chi connectivity index (χ2v) is 8.54. The van der Waals surface area contributed by atoms with Gasteiger partial charge < -0.3 is 8.54 Å². The van der Waals surface area contributed by atoms with Crippen molar-refractivity contribution in [3.63, 3.8) is 0 Å². The highest BCUT2D eigenvalue weighted by Crippen LogP contribution is 2.39. The summed E-state index contributed by atoms with van der Waals surface area (Å²) in [6.45, 7) is 0.993. The van der Waals surface area contributed by atoms with Gasteiger partial charge in [-0.25, -0.2) is 0 Å². The summed E-state index contributed by atoms with van der Waals surface area (Å²) < 4.78 is 11.1. The summed E-state index contributed by atoms with van der Waals surface area (Å²) in [5.41, 5.74) is 0. The Bertz CT molecular complexity index is 196. The topological polar surface area (TPSA) is 18.5 Å². The van der Waals surface area contributed by atoms with Crippen LogP contribution in [-0.4, -0.2) is 27.1 Å². The molecule has 0 aromatic carbocycles. The van der Waals surface area contributed by atoms with E-state index < -0.39 is 0 Å². The zero-order valence-electron chi connectivity index (χ0n) is 11.9. The second-order valence-electron chi connectivity index (χ2n) is 6.13. The van der Waals surface area contributed by atoms with E-state index in [1.54, 1.807) is 0 Å². The highest BCUT2D eigenvalue weighted by atomic mass is 28.3. The lowest BCUT2D eigenvalue weighted by Gasteiger charge is -2.37. The number of rotatable bonds is 6. The quantitative estimate of drug-likeness (QED) is 0.551. The molecule has 0 saturated heterocycles. The lowest BCUT2D eigenvalue weighted by molar-refractivity contribution is 0.0857. The van der Waals surface area contributed by atoms with Crippen LogP contribution in [0, 0.1) is 17.8 Å². The van der Waals surface area contributed by atoms with Gasteiger partial charge in [0, 0.05) is 6.61 Å². The SMILES string of the molecule is [SiH3]O[SiH]OCC(C1CCCCC1)C1CCCCC1. The van der Waals surface area contributed by atoms with E-state index in [0.717, 1.165) is 34.8 Å². The van der Waals surface area contributed by atoms with Gasteiger partial charge in [-0.05, 0) is 17.8 Å². The molecule has 2 rings (SSSR count). The maximum atomic E-state index is 5.85. The lowest BCUT2D eigenvalue weighted by atomic mass is 9.70. The minimum atomic E-state index is -0.166. The zero-order chi connectivity index (χ0) is 12.6. The van der Waals surface area contributed by atoms with Crippen molar-refractivity contribution >= 4 is 20.5 Å².